The maximum absolute atomic E-state index is 12.4. The van der Waals surface area contributed by atoms with Crippen molar-refractivity contribution >= 4 is 23.2 Å². The fraction of sp³-hybridized carbons (Fsp3) is 0.316. The molecule has 0 saturated heterocycles. The number of anilines is 1. The van der Waals surface area contributed by atoms with Gasteiger partial charge in [0.2, 0.25) is 0 Å². The van der Waals surface area contributed by atoms with E-state index < -0.39 is 6.10 Å². The molecule has 0 aliphatic carbocycles. The number of halogens is 1. The van der Waals surface area contributed by atoms with E-state index in [1.807, 2.05) is 24.3 Å². The summed E-state index contributed by atoms with van der Waals surface area (Å²) in [6.45, 7) is 8.08. The number of carbonyl (C=O) groups excluding carboxylic acids is 1. The SMILES string of the molecule is C[C@@H](Oc1ccc(Cl)cc1)C(=O)Nc1ccccc1C(C)(C)C. The lowest BCUT2D eigenvalue weighted by atomic mass is 9.86. The van der Waals surface area contributed by atoms with Gasteiger partial charge >= 0.3 is 0 Å². The molecule has 4 heteroatoms. The Labute approximate surface area is 142 Å². The average molecular weight is 332 g/mol. The fourth-order valence-corrected chi connectivity index (χ4v) is 2.38. The standard InChI is InChI=1S/C19H22ClNO2/c1-13(23-15-11-9-14(20)10-12-15)18(22)21-17-8-6-5-7-16(17)19(2,3)4/h5-13H,1-4H3,(H,21,22)/t13-/m1/s1. The minimum absolute atomic E-state index is 0.0514. The Bertz CT molecular complexity index is 675. The molecule has 122 valence electrons. The molecule has 0 fully saturated rings. The first kappa shape index (κ1) is 17.4. The summed E-state index contributed by atoms with van der Waals surface area (Å²) in [4.78, 5) is 12.4. The van der Waals surface area contributed by atoms with Crippen molar-refractivity contribution in [2.45, 2.75) is 39.2 Å². The normalized spacial score (nSPS) is 12.6. The van der Waals surface area contributed by atoms with Gasteiger partial charge in [-0.25, -0.2) is 0 Å². The summed E-state index contributed by atoms with van der Waals surface area (Å²) in [5.74, 6) is 0.429. The molecular formula is C19H22ClNO2. The molecule has 1 amide bonds. The largest absolute Gasteiger partial charge is 0.481 e. The first-order valence-electron chi connectivity index (χ1n) is 7.60. The Morgan fingerprint density at radius 3 is 2.30 bits per heavy atom. The number of rotatable bonds is 4. The molecule has 0 aromatic heterocycles. The Morgan fingerprint density at radius 1 is 1.09 bits per heavy atom. The molecule has 1 atom stereocenters. The Balaban J connectivity index is 2.08. The molecule has 0 aliphatic heterocycles. The van der Waals surface area contributed by atoms with Crippen LogP contribution in [-0.2, 0) is 10.2 Å². The number of nitrogens with one attached hydrogen (secondary N) is 1. The van der Waals surface area contributed by atoms with Gasteiger partial charge in [0.15, 0.2) is 6.10 Å². The molecule has 0 unspecified atom stereocenters. The van der Waals surface area contributed by atoms with Crippen LogP contribution in [0.1, 0.15) is 33.3 Å². The predicted octanol–water partition coefficient (Wildman–Crippen LogP) is 5.04. The molecule has 0 spiro atoms. The molecule has 0 saturated carbocycles. The number of benzene rings is 2. The van der Waals surface area contributed by atoms with E-state index in [1.54, 1.807) is 31.2 Å². The van der Waals surface area contributed by atoms with E-state index in [0.29, 0.717) is 10.8 Å². The first-order valence-corrected chi connectivity index (χ1v) is 7.98. The van der Waals surface area contributed by atoms with E-state index in [2.05, 4.69) is 26.1 Å². The van der Waals surface area contributed by atoms with E-state index in [0.717, 1.165) is 11.3 Å². The fourth-order valence-electron chi connectivity index (χ4n) is 2.25. The Hall–Kier alpha value is -2.00. The first-order chi connectivity index (χ1) is 10.8. The monoisotopic (exact) mass is 331 g/mol. The van der Waals surface area contributed by atoms with E-state index in [-0.39, 0.29) is 11.3 Å². The molecule has 2 aromatic carbocycles. The van der Waals surface area contributed by atoms with E-state index in [9.17, 15) is 4.79 Å². The summed E-state index contributed by atoms with van der Waals surface area (Å²) < 4.78 is 5.66. The average Bonchev–Trinajstić information content (AvgIpc) is 2.49. The third kappa shape index (κ3) is 4.73. The van der Waals surface area contributed by atoms with Crippen molar-refractivity contribution in [2.24, 2.45) is 0 Å². The van der Waals surface area contributed by atoms with Crippen LogP contribution in [-0.4, -0.2) is 12.0 Å². The maximum Gasteiger partial charge on any atom is 0.265 e. The molecule has 1 N–H and O–H groups in total. The van der Waals surface area contributed by atoms with Crippen LogP contribution in [0.15, 0.2) is 48.5 Å². The van der Waals surface area contributed by atoms with Gasteiger partial charge in [-0.15, -0.1) is 0 Å². The van der Waals surface area contributed by atoms with E-state index in [4.69, 9.17) is 16.3 Å². The topological polar surface area (TPSA) is 38.3 Å². The lowest BCUT2D eigenvalue weighted by Crippen LogP contribution is -2.31. The van der Waals surface area contributed by atoms with Crippen LogP contribution in [0.3, 0.4) is 0 Å². The molecule has 23 heavy (non-hydrogen) atoms. The lowest BCUT2D eigenvalue weighted by molar-refractivity contribution is -0.122. The highest BCUT2D eigenvalue weighted by Crippen LogP contribution is 2.29. The van der Waals surface area contributed by atoms with Gasteiger partial charge in [0.05, 0.1) is 0 Å². The molecule has 2 rings (SSSR count). The number of ether oxygens (including phenoxy) is 1. The highest BCUT2D eigenvalue weighted by molar-refractivity contribution is 6.30. The molecule has 0 aliphatic rings. The smallest absolute Gasteiger partial charge is 0.265 e. The van der Waals surface area contributed by atoms with Crippen LogP contribution >= 0.6 is 11.6 Å². The van der Waals surface area contributed by atoms with E-state index in [1.165, 1.54) is 0 Å². The second kappa shape index (κ2) is 7.05. The quantitative estimate of drug-likeness (QED) is 0.852. The van der Waals surface area contributed by atoms with Crippen molar-refractivity contribution in [1.82, 2.24) is 0 Å². The van der Waals surface area contributed by atoms with Crippen LogP contribution in [0, 0.1) is 0 Å². The second-order valence-electron chi connectivity index (χ2n) is 6.50. The van der Waals surface area contributed by atoms with Crippen LogP contribution in [0.25, 0.3) is 0 Å². The van der Waals surface area contributed by atoms with Gasteiger partial charge in [-0.05, 0) is 48.2 Å². The van der Waals surface area contributed by atoms with Crippen molar-refractivity contribution in [1.29, 1.82) is 0 Å². The molecule has 2 aromatic rings. The van der Waals surface area contributed by atoms with Gasteiger partial charge in [-0.2, -0.15) is 0 Å². The van der Waals surface area contributed by atoms with Gasteiger partial charge < -0.3 is 10.1 Å². The zero-order valence-corrected chi connectivity index (χ0v) is 14.6. The molecule has 0 heterocycles. The van der Waals surface area contributed by atoms with Crippen molar-refractivity contribution in [3.8, 4) is 5.75 Å². The Kier molecular flexibility index (Phi) is 5.32. The zero-order valence-electron chi connectivity index (χ0n) is 13.9. The third-order valence-corrected chi connectivity index (χ3v) is 3.74. The minimum Gasteiger partial charge on any atom is -0.481 e. The number of para-hydroxylation sites is 1. The number of hydrogen-bond donors (Lipinski definition) is 1. The highest BCUT2D eigenvalue weighted by atomic mass is 35.5. The number of hydrogen-bond acceptors (Lipinski definition) is 2. The second-order valence-corrected chi connectivity index (χ2v) is 6.94. The zero-order chi connectivity index (χ0) is 17.0. The van der Waals surface area contributed by atoms with Crippen molar-refractivity contribution in [3.05, 3.63) is 59.1 Å². The van der Waals surface area contributed by atoms with Crippen molar-refractivity contribution < 1.29 is 9.53 Å². The molecular weight excluding hydrogens is 310 g/mol. The van der Waals surface area contributed by atoms with Gasteiger partial charge in [0, 0.05) is 10.7 Å². The summed E-state index contributed by atoms with van der Waals surface area (Å²) in [6.07, 6.45) is -0.607. The summed E-state index contributed by atoms with van der Waals surface area (Å²) >= 11 is 5.84. The van der Waals surface area contributed by atoms with Crippen LogP contribution < -0.4 is 10.1 Å². The molecule has 0 bridgehead atoms. The van der Waals surface area contributed by atoms with Gasteiger partial charge in [0.25, 0.3) is 5.91 Å². The van der Waals surface area contributed by atoms with Crippen molar-refractivity contribution in [3.63, 3.8) is 0 Å². The predicted molar refractivity (Wildman–Crippen MR) is 95.3 cm³/mol. The summed E-state index contributed by atoms with van der Waals surface area (Å²) in [5.41, 5.74) is 1.85. The summed E-state index contributed by atoms with van der Waals surface area (Å²) in [7, 11) is 0. The van der Waals surface area contributed by atoms with Crippen LogP contribution in [0.4, 0.5) is 5.69 Å². The summed E-state index contributed by atoms with van der Waals surface area (Å²) in [5, 5.41) is 3.59. The van der Waals surface area contributed by atoms with Crippen molar-refractivity contribution in [2.75, 3.05) is 5.32 Å². The van der Waals surface area contributed by atoms with Gasteiger partial charge in [-0.1, -0.05) is 50.6 Å². The summed E-state index contributed by atoms with van der Waals surface area (Å²) in [6, 6.07) is 14.8. The minimum atomic E-state index is -0.607. The van der Waals surface area contributed by atoms with Gasteiger partial charge in [0.1, 0.15) is 5.75 Å². The highest BCUT2D eigenvalue weighted by Gasteiger charge is 2.21. The van der Waals surface area contributed by atoms with Crippen LogP contribution in [0.2, 0.25) is 5.02 Å². The molecule has 0 radical (unpaired) electrons. The lowest BCUT2D eigenvalue weighted by Gasteiger charge is -2.24. The molecule has 3 nitrogen and oxygen atoms in total. The van der Waals surface area contributed by atoms with E-state index >= 15 is 0 Å². The van der Waals surface area contributed by atoms with Crippen LogP contribution in [0.5, 0.6) is 5.75 Å². The maximum atomic E-state index is 12.4. The third-order valence-electron chi connectivity index (χ3n) is 3.49. The Morgan fingerprint density at radius 2 is 1.70 bits per heavy atom. The number of amides is 1. The number of carbonyl (C=O) groups is 1. The van der Waals surface area contributed by atoms with Gasteiger partial charge in [-0.3, -0.25) is 4.79 Å².